The number of carbonyl (C=O) groups excluding carboxylic acids is 1. The Morgan fingerprint density at radius 3 is 2.65 bits per heavy atom. The molecule has 122 valence electrons. The fraction of sp³-hybridized carbons (Fsp3) is 0.312. The van der Waals surface area contributed by atoms with Gasteiger partial charge in [0.05, 0.1) is 0 Å². The number of rotatable bonds is 8. The molecule has 2 aromatic rings. The Morgan fingerprint density at radius 2 is 1.91 bits per heavy atom. The van der Waals surface area contributed by atoms with Crippen molar-refractivity contribution in [3.63, 3.8) is 0 Å². The van der Waals surface area contributed by atoms with Crippen molar-refractivity contribution in [1.82, 2.24) is 10.5 Å². The quantitative estimate of drug-likeness (QED) is 0.649. The largest absolute Gasteiger partial charge is 0.481 e. The summed E-state index contributed by atoms with van der Waals surface area (Å²) in [5.74, 6) is 0.123. The number of nitrogens with zero attached hydrogens (tertiary/aromatic N) is 1. The molecule has 0 radical (unpaired) electrons. The molecule has 0 unspecified atom stereocenters. The summed E-state index contributed by atoms with van der Waals surface area (Å²) in [4.78, 5) is 22.1. The highest BCUT2D eigenvalue weighted by Crippen LogP contribution is 2.21. The standard InChI is InChI=1S/C16H19N3O4/c20-15(21)9-5-2-6-10-17-16(22)18-14-11-13(23-19-14)12-7-3-1-4-8-12/h1,3-4,7-8,11H,2,5-6,9-10H2,(H,20,21)(H2,17,18,19,22). The number of amides is 2. The van der Waals surface area contributed by atoms with Crippen LogP contribution >= 0.6 is 0 Å². The van der Waals surface area contributed by atoms with E-state index in [0.717, 1.165) is 18.4 Å². The molecule has 0 saturated heterocycles. The van der Waals surface area contributed by atoms with Gasteiger partial charge in [0.1, 0.15) is 0 Å². The highest BCUT2D eigenvalue weighted by molar-refractivity contribution is 5.88. The smallest absolute Gasteiger partial charge is 0.320 e. The van der Waals surface area contributed by atoms with Gasteiger partial charge in [0.15, 0.2) is 11.6 Å². The molecular formula is C16H19N3O4. The Balaban J connectivity index is 1.70. The summed E-state index contributed by atoms with van der Waals surface area (Å²) < 4.78 is 5.18. The van der Waals surface area contributed by atoms with Crippen molar-refractivity contribution in [2.75, 3.05) is 11.9 Å². The van der Waals surface area contributed by atoms with Crippen molar-refractivity contribution in [3.8, 4) is 11.3 Å². The van der Waals surface area contributed by atoms with Gasteiger partial charge in [0.2, 0.25) is 0 Å². The minimum absolute atomic E-state index is 0.160. The second-order valence-electron chi connectivity index (χ2n) is 5.03. The van der Waals surface area contributed by atoms with Gasteiger partial charge in [0, 0.05) is 24.6 Å². The van der Waals surface area contributed by atoms with Gasteiger partial charge in [0.25, 0.3) is 0 Å². The van der Waals surface area contributed by atoms with Gasteiger partial charge in [-0.3, -0.25) is 10.1 Å². The normalized spacial score (nSPS) is 10.3. The molecule has 0 bridgehead atoms. The predicted molar refractivity (Wildman–Crippen MR) is 85.1 cm³/mol. The summed E-state index contributed by atoms with van der Waals surface area (Å²) >= 11 is 0. The first-order valence-electron chi connectivity index (χ1n) is 7.44. The summed E-state index contributed by atoms with van der Waals surface area (Å²) in [6.07, 6.45) is 2.26. The van der Waals surface area contributed by atoms with Gasteiger partial charge >= 0.3 is 12.0 Å². The number of carboxylic acids is 1. The fourth-order valence-electron chi connectivity index (χ4n) is 2.01. The van der Waals surface area contributed by atoms with E-state index in [0.29, 0.717) is 24.5 Å². The molecular weight excluding hydrogens is 298 g/mol. The van der Waals surface area contributed by atoms with Crippen molar-refractivity contribution >= 4 is 17.8 Å². The Morgan fingerprint density at radius 1 is 1.13 bits per heavy atom. The van der Waals surface area contributed by atoms with E-state index in [1.165, 1.54) is 0 Å². The van der Waals surface area contributed by atoms with E-state index in [4.69, 9.17) is 9.63 Å². The van der Waals surface area contributed by atoms with Crippen LogP contribution in [0.1, 0.15) is 25.7 Å². The molecule has 0 aliphatic carbocycles. The van der Waals surface area contributed by atoms with Gasteiger partial charge in [-0.15, -0.1) is 0 Å². The lowest BCUT2D eigenvalue weighted by molar-refractivity contribution is -0.137. The summed E-state index contributed by atoms with van der Waals surface area (Å²) in [6.45, 7) is 0.481. The van der Waals surface area contributed by atoms with E-state index in [9.17, 15) is 9.59 Å². The molecule has 23 heavy (non-hydrogen) atoms. The van der Waals surface area contributed by atoms with Crippen LogP contribution in [0.3, 0.4) is 0 Å². The van der Waals surface area contributed by atoms with Crippen molar-refractivity contribution in [2.24, 2.45) is 0 Å². The third-order valence-electron chi connectivity index (χ3n) is 3.16. The molecule has 2 amide bonds. The molecule has 2 rings (SSSR count). The average molecular weight is 317 g/mol. The summed E-state index contributed by atoms with van der Waals surface area (Å²) in [7, 11) is 0. The zero-order valence-electron chi connectivity index (χ0n) is 12.6. The van der Waals surface area contributed by atoms with Crippen molar-refractivity contribution < 1.29 is 19.2 Å². The van der Waals surface area contributed by atoms with Crippen LogP contribution in [0.2, 0.25) is 0 Å². The van der Waals surface area contributed by atoms with E-state index in [1.54, 1.807) is 6.07 Å². The van der Waals surface area contributed by atoms with Crippen molar-refractivity contribution in [2.45, 2.75) is 25.7 Å². The average Bonchev–Trinajstić information content (AvgIpc) is 3.00. The first-order valence-corrected chi connectivity index (χ1v) is 7.44. The van der Waals surface area contributed by atoms with Crippen molar-refractivity contribution in [1.29, 1.82) is 0 Å². The van der Waals surface area contributed by atoms with E-state index >= 15 is 0 Å². The molecule has 1 aromatic carbocycles. The lowest BCUT2D eigenvalue weighted by Crippen LogP contribution is -2.29. The van der Waals surface area contributed by atoms with Crippen LogP contribution < -0.4 is 10.6 Å². The first kappa shape index (κ1) is 16.5. The lowest BCUT2D eigenvalue weighted by Gasteiger charge is -2.04. The number of unbranched alkanes of at least 4 members (excludes halogenated alkanes) is 2. The predicted octanol–water partition coefficient (Wildman–Crippen LogP) is 3.11. The maximum absolute atomic E-state index is 11.7. The number of hydrogen-bond donors (Lipinski definition) is 3. The first-order chi connectivity index (χ1) is 11.1. The fourth-order valence-corrected chi connectivity index (χ4v) is 2.01. The summed E-state index contributed by atoms with van der Waals surface area (Å²) in [6, 6.07) is 10.8. The summed E-state index contributed by atoms with van der Waals surface area (Å²) in [5, 5.41) is 17.6. The van der Waals surface area contributed by atoms with E-state index in [1.807, 2.05) is 30.3 Å². The molecule has 0 aliphatic rings. The van der Waals surface area contributed by atoms with Gasteiger partial charge in [-0.25, -0.2) is 4.79 Å². The number of benzene rings is 1. The Bertz CT molecular complexity index is 640. The van der Waals surface area contributed by atoms with Crippen LogP contribution in [-0.4, -0.2) is 28.8 Å². The minimum atomic E-state index is -0.795. The number of carbonyl (C=O) groups is 2. The molecule has 0 fully saturated rings. The zero-order valence-corrected chi connectivity index (χ0v) is 12.6. The summed E-state index contributed by atoms with van der Waals surface area (Å²) in [5.41, 5.74) is 0.881. The molecule has 7 heteroatoms. The highest BCUT2D eigenvalue weighted by atomic mass is 16.5. The number of nitrogens with one attached hydrogen (secondary N) is 2. The van der Waals surface area contributed by atoms with Crippen LogP contribution in [0.4, 0.5) is 10.6 Å². The minimum Gasteiger partial charge on any atom is -0.481 e. The number of urea groups is 1. The number of carboxylic acid groups (broad SMARTS) is 1. The third kappa shape index (κ3) is 5.82. The van der Waals surface area contributed by atoms with E-state index in [-0.39, 0.29) is 12.5 Å². The lowest BCUT2D eigenvalue weighted by atomic mass is 10.2. The maximum atomic E-state index is 11.7. The Labute approximate surface area is 133 Å². The van der Waals surface area contributed by atoms with Gasteiger partial charge in [-0.2, -0.15) is 0 Å². The van der Waals surface area contributed by atoms with Gasteiger partial charge in [-0.1, -0.05) is 41.9 Å². The zero-order chi connectivity index (χ0) is 16.5. The Kier molecular flexibility index (Phi) is 6.17. The van der Waals surface area contributed by atoms with Gasteiger partial charge < -0.3 is 14.9 Å². The molecule has 0 atom stereocenters. The highest BCUT2D eigenvalue weighted by Gasteiger charge is 2.08. The molecule has 0 saturated carbocycles. The molecule has 0 aliphatic heterocycles. The van der Waals surface area contributed by atoms with E-state index in [2.05, 4.69) is 15.8 Å². The number of aromatic nitrogens is 1. The number of hydrogen-bond acceptors (Lipinski definition) is 4. The van der Waals surface area contributed by atoms with E-state index < -0.39 is 5.97 Å². The topological polar surface area (TPSA) is 104 Å². The van der Waals surface area contributed by atoms with Gasteiger partial charge in [-0.05, 0) is 12.8 Å². The monoisotopic (exact) mass is 317 g/mol. The molecule has 7 nitrogen and oxygen atoms in total. The van der Waals surface area contributed by atoms with Crippen LogP contribution in [0.25, 0.3) is 11.3 Å². The van der Waals surface area contributed by atoms with Crippen LogP contribution in [0.5, 0.6) is 0 Å². The van der Waals surface area contributed by atoms with Crippen LogP contribution in [-0.2, 0) is 4.79 Å². The number of aliphatic carboxylic acids is 1. The number of anilines is 1. The SMILES string of the molecule is O=C(O)CCCCCNC(=O)Nc1cc(-c2ccccc2)on1. The molecule has 1 aromatic heterocycles. The molecule has 1 heterocycles. The Hall–Kier alpha value is -2.83. The second-order valence-corrected chi connectivity index (χ2v) is 5.03. The molecule has 0 spiro atoms. The second kappa shape index (κ2) is 8.57. The van der Waals surface area contributed by atoms with Crippen molar-refractivity contribution in [3.05, 3.63) is 36.4 Å². The third-order valence-corrected chi connectivity index (χ3v) is 3.16. The maximum Gasteiger partial charge on any atom is 0.320 e. The van der Waals surface area contributed by atoms with Crippen LogP contribution in [0.15, 0.2) is 40.9 Å². The van der Waals surface area contributed by atoms with Crippen LogP contribution in [0, 0.1) is 0 Å². The molecule has 3 N–H and O–H groups in total.